The van der Waals surface area contributed by atoms with E-state index in [1.807, 2.05) is 24.3 Å². The maximum atomic E-state index is 11.9. The molecule has 2 aliphatic rings. The van der Waals surface area contributed by atoms with Crippen molar-refractivity contribution < 1.29 is 14.7 Å². The number of benzene rings is 3. The van der Waals surface area contributed by atoms with Crippen LogP contribution in [0.5, 0.6) is 0 Å². The van der Waals surface area contributed by atoms with E-state index < -0.39 is 5.97 Å². The highest BCUT2D eigenvalue weighted by Gasteiger charge is 2.26. The standard InChI is InChI=1S/C33H34ClN3O3/c1-3-22-19-26(34)9-13-29(22)32-25(6-5-24-20-27(10-14-30(24)32)35-31(38)4-2)21-36-15-17-37(18-16-36)28-11-7-23(8-12-28)33(39)40/h4,7-14,19-20H,2-3,5-6,15-18,21H2,1H3,(H,35,38)(H,39,40). The first-order valence-corrected chi connectivity index (χ1v) is 14.1. The van der Waals surface area contributed by atoms with Gasteiger partial charge < -0.3 is 15.3 Å². The van der Waals surface area contributed by atoms with Gasteiger partial charge in [0.25, 0.3) is 0 Å². The first kappa shape index (κ1) is 27.7. The zero-order valence-corrected chi connectivity index (χ0v) is 23.5. The Hall–Kier alpha value is -3.87. The van der Waals surface area contributed by atoms with Gasteiger partial charge in [-0.1, -0.05) is 37.2 Å². The summed E-state index contributed by atoms with van der Waals surface area (Å²) in [6.07, 6.45) is 4.03. The van der Waals surface area contributed by atoms with Crippen LogP contribution < -0.4 is 10.2 Å². The number of nitrogens with zero attached hydrogens (tertiary/aromatic N) is 2. The number of aryl methyl sites for hydroxylation is 2. The summed E-state index contributed by atoms with van der Waals surface area (Å²) in [5.74, 6) is -1.12. The second-order valence-corrected chi connectivity index (χ2v) is 10.8. The molecule has 0 saturated carbocycles. The minimum absolute atomic E-state index is 0.213. The van der Waals surface area contributed by atoms with Crippen molar-refractivity contribution in [2.75, 3.05) is 42.9 Å². The predicted octanol–water partition coefficient (Wildman–Crippen LogP) is 6.30. The molecule has 40 heavy (non-hydrogen) atoms. The molecule has 1 aliphatic carbocycles. The normalized spacial score (nSPS) is 15.5. The lowest BCUT2D eigenvalue weighted by Crippen LogP contribution is -2.47. The van der Waals surface area contributed by atoms with Crippen molar-refractivity contribution >= 4 is 40.4 Å². The molecule has 2 N–H and O–H groups in total. The second kappa shape index (κ2) is 12.1. The minimum atomic E-state index is -0.904. The number of hydrogen-bond donors (Lipinski definition) is 2. The van der Waals surface area contributed by atoms with E-state index in [0.29, 0.717) is 5.56 Å². The molecule has 0 unspecified atom stereocenters. The number of hydrogen-bond acceptors (Lipinski definition) is 4. The second-order valence-electron chi connectivity index (χ2n) is 10.3. The van der Waals surface area contributed by atoms with Gasteiger partial charge in [0, 0.05) is 49.1 Å². The summed E-state index contributed by atoms with van der Waals surface area (Å²) in [7, 11) is 0. The maximum absolute atomic E-state index is 11.9. The molecule has 5 rings (SSSR count). The van der Waals surface area contributed by atoms with Crippen LogP contribution in [-0.4, -0.2) is 54.6 Å². The number of carboxylic acid groups (broad SMARTS) is 1. The molecule has 0 atom stereocenters. The van der Waals surface area contributed by atoms with E-state index in [1.165, 1.54) is 39.5 Å². The van der Waals surface area contributed by atoms with Crippen molar-refractivity contribution in [1.29, 1.82) is 0 Å². The molecular weight excluding hydrogens is 522 g/mol. The molecule has 1 saturated heterocycles. The first-order valence-electron chi connectivity index (χ1n) is 13.7. The zero-order chi connectivity index (χ0) is 28.2. The number of amides is 1. The Bertz CT molecular complexity index is 1470. The SMILES string of the molecule is C=CC(=O)Nc1ccc2c(c1)CCC(CN1CCN(c3ccc(C(=O)O)cc3)CC1)=C2c1ccc(Cl)cc1CC. The fraction of sp³-hybridized carbons (Fsp3) is 0.273. The van der Waals surface area contributed by atoms with Crippen LogP contribution in [0.4, 0.5) is 11.4 Å². The highest BCUT2D eigenvalue weighted by molar-refractivity contribution is 6.30. The molecule has 0 radical (unpaired) electrons. The van der Waals surface area contributed by atoms with Gasteiger partial charge in [0.2, 0.25) is 5.91 Å². The van der Waals surface area contributed by atoms with E-state index in [-0.39, 0.29) is 5.91 Å². The summed E-state index contributed by atoms with van der Waals surface area (Å²) >= 11 is 6.39. The van der Waals surface area contributed by atoms with Crippen LogP contribution in [0.25, 0.3) is 5.57 Å². The number of nitrogens with one attached hydrogen (secondary N) is 1. The number of halogens is 1. The average Bonchev–Trinajstić information content (AvgIpc) is 2.97. The summed E-state index contributed by atoms with van der Waals surface area (Å²) in [5.41, 5.74) is 9.75. The van der Waals surface area contributed by atoms with Gasteiger partial charge in [0.15, 0.2) is 0 Å². The quantitative estimate of drug-likeness (QED) is 0.319. The van der Waals surface area contributed by atoms with Crippen LogP contribution in [0.2, 0.25) is 5.02 Å². The van der Waals surface area contributed by atoms with Crippen LogP contribution >= 0.6 is 11.6 Å². The highest BCUT2D eigenvalue weighted by atomic mass is 35.5. The van der Waals surface area contributed by atoms with E-state index in [1.54, 1.807) is 12.1 Å². The molecule has 6 nitrogen and oxygen atoms in total. The number of aromatic carboxylic acids is 1. The third-order valence-electron chi connectivity index (χ3n) is 7.86. The minimum Gasteiger partial charge on any atom is -0.478 e. The fourth-order valence-electron chi connectivity index (χ4n) is 5.76. The monoisotopic (exact) mass is 555 g/mol. The Morgan fingerprint density at radius 1 is 0.975 bits per heavy atom. The number of carbonyl (C=O) groups is 2. The summed E-state index contributed by atoms with van der Waals surface area (Å²) < 4.78 is 0. The average molecular weight is 556 g/mol. The third-order valence-corrected chi connectivity index (χ3v) is 8.10. The molecule has 7 heteroatoms. The molecule has 0 aromatic heterocycles. The molecule has 1 heterocycles. The number of rotatable bonds is 8. The maximum Gasteiger partial charge on any atom is 0.335 e. The van der Waals surface area contributed by atoms with Gasteiger partial charge in [-0.15, -0.1) is 0 Å². The van der Waals surface area contributed by atoms with Gasteiger partial charge in [-0.25, -0.2) is 4.79 Å². The smallest absolute Gasteiger partial charge is 0.335 e. The van der Waals surface area contributed by atoms with Crippen molar-refractivity contribution in [3.05, 3.63) is 112 Å². The fourth-order valence-corrected chi connectivity index (χ4v) is 5.95. The van der Waals surface area contributed by atoms with Gasteiger partial charge in [0.1, 0.15) is 0 Å². The molecule has 0 bridgehead atoms. The number of carboxylic acids is 1. The summed E-state index contributed by atoms with van der Waals surface area (Å²) in [6, 6.07) is 19.5. The van der Waals surface area contributed by atoms with Crippen molar-refractivity contribution in [3.8, 4) is 0 Å². The number of piperazine rings is 1. The van der Waals surface area contributed by atoms with Crippen LogP contribution in [0, 0.1) is 0 Å². The number of fused-ring (bicyclic) bond motifs is 1. The topological polar surface area (TPSA) is 72.9 Å². The van der Waals surface area contributed by atoms with Gasteiger partial charge in [-0.2, -0.15) is 0 Å². The lowest BCUT2D eigenvalue weighted by molar-refractivity contribution is -0.111. The van der Waals surface area contributed by atoms with Crippen LogP contribution in [-0.2, 0) is 17.6 Å². The van der Waals surface area contributed by atoms with E-state index >= 15 is 0 Å². The highest BCUT2D eigenvalue weighted by Crippen LogP contribution is 2.40. The molecule has 1 amide bonds. The third kappa shape index (κ3) is 5.98. The largest absolute Gasteiger partial charge is 0.478 e. The van der Waals surface area contributed by atoms with Crippen LogP contribution in [0.15, 0.2) is 78.9 Å². The summed E-state index contributed by atoms with van der Waals surface area (Å²) in [5, 5.41) is 12.8. The van der Waals surface area contributed by atoms with E-state index in [0.717, 1.165) is 68.4 Å². The summed E-state index contributed by atoms with van der Waals surface area (Å²) in [6.45, 7) is 10.2. The van der Waals surface area contributed by atoms with E-state index in [2.05, 4.69) is 52.9 Å². The molecule has 1 fully saturated rings. The van der Waals surface area contributed by atoms with Crippen molar-refractivity contribution in [2.45, 2.75) is 26.2 Å². The van der Waals surface area contributed by atoms with Gasteiger partial charge >= 0.3 is 5.97 Å². The number of carbonyl (C=O) groups excluding carboxylic acids is 1. The van der Waals surface area contributed by atoms with Crippen molar-refractivity contribution in [1.82, 2.24) is 4.90 Å². The Morgan fingerprint density at radius 3 is 2.38 bits per heavy atom. The van der Waals surface area contributed by atoms with Crippen molar-refractivity contribution in [2.24, 2.45) is 0 Å². The number of anilines is 2. The van der Waals surface area contributed by atoms with E-state index in [4.69, 9.17) is 11.6 Å². The van der Waals surface area contributed by atoms with Crippen LogP contribution in [0.3, 0.4) is 0 Å². The lowest BCUT2D eigenvalue weighted by Gasteiger charge is -2.37. The van der Waals surface area contributed by atoms with Gasteiger partial charge in [-0.3, -0.25) is 9.69 Å². The predicted molar refractivity (Wildman–Crippen MR) is 162 cm³/mol. The molecule has 1 aliphatic heterocycles. The lowest BCUT2D eigenvalue weighted by atomic mass is 9.80. The summed E-state index contributed by atoms with van der Waals surface area (Å²) in [4.78, 5) is 27.9. The molecule has 3 aromatic carbocycles. The van der Waals surface area contributed by atoms with Crippen molar-refractivity contribution in [3.63, 3.8) is 0 Å². The van der Waals surface area contributed by atoms with Gasteiger partial charge in [0.05, 0.1) is 5.56 Å². The van der Waals surface area contributed by atoms with E-state index in [9.17, 15) is 14.7 Å². The Kier molecular flexibility index (Phi) is 8.38. The van der Waals surface area contributed by atoms with Gasteiger partial charge in [-0.05, 0) is 107 Å². The molecule has 0 spiro atoms. The Balaban J connectivity index is 1.42. The Labute approximate surface area is 240 Å². The molecular formula is C33H34ClN3O3. The Morgan fingerprint density at radius 2 is 1.70 bits per heavy atom. The first-order chi connectivity index (χ1) is 19.4. The molecule has 206 valence electrons. The van der Waals surface area contributed by atoms with Crippen LogP contribution in [0.1, 0.15) is 46.0 Å². The zero-order valence-electron chi connectivity index (χ0n) is 22.8. The molecule has 3 aromatic rings.